The topological polar surface area (TPSA) is 40.5 Å². The lowest BCUT2D eigenvalue weighted by Gasteiger charge is -2.46. The Bertz CT molecular complexity index is 341. The molecule has 116 valence electrons. The molecular weight excluding hydrogens is 250 g/mol. The first-order valence-electron chi connectivity index (χ1n) is 8.26. The molecule has 0 amide bonds. The molecule has 2 aliphatic rings. The number of hydrogen-bond donors (Lipinski definition) is 1. The molecule has 1 heterocycles. The van der Waals surface area contributed by atoms with E-state index in [1.807, 2.05) is 6.92 Å². The highest BCUT2D eigenvalue weighted by molar-refractivity contribution is 5.70. The summed E-state index contributed by atoms with van der Waals surface area (Å²) in [5.41, 5.74) is 0.435. The second-order valence-corrected chi connectivity index (χ2v) is 8.07. The van der Waals surface area contributed by atoms with Crippen LogP contribution in [0.15, 0.2) is 0 Å². The van der Waals surface area contributed by atoms with Crippen LogP contribution in [-0.2, 0) is 4.79 Å². The Morgan fingerprint density at radius 2 is 1.80 bits per heavy atom. The van der Waals surface area contributed by atoms with Crippen molar-refractivity contribution in [3.8, 4) is 0 Å². The van der Waals surface area contributed by atoms with Gasteiger partial charge in [0.1, 0.15) is 0 Å². The largest absolute Gasteiger partial charge is 0.481 e. The van der Waals surface area contributed by atoms with Gasteiger partial charge in [0.2, 0.25) is 0 Å². The van der Waals surface area contributed by atoms with Crippen LogP contribution in [0.5, 0.6) is 0 Å². The standard InChI is InChI=1S/C17H31NO2/c1-12(16(19)20)13-10-18(11-13)15-7-5-6-14(8-9-15)17(2,3)4/h12-15H,5-11H2,1-4H3,(H,19,20). The van der Waals surface area contributed by atoms with E-state index in [1.54, 1.807) is 0 Å². The molecule has 2 rings (SSSR count). The summed E-state index contributed by atoms with van der Waals surface area (Å²) in [7, 11) is 0. The number of carboxylic acid groups (broad SMARTS) is 1. The van der Waals surface area contributed by atoms with Crippen molar-refractivity contribution in [3.63, 3.8) is 0 Å². The summed E-state index contributed by atoms with van der Waals surface area (Å²) >= 11 is 0. The smallest absolute Gasteiger partial charge is 0.306 e. The molecule has 3 atom stereocenters. The van der Waals surface area contributed by atoms with E-state index in [2.05, 4.69) is 25.7 Å². The van der Waals surface area contributed by atoms with Gasteiger partial charge in [0.15, 0.2) is 0 Å². The molecule has 1 saturated carbocycles. The minimum absolute atomic E-state index is 0.181. The lowest BCUT2D eigenvalue weighted by atomic mass is 9.76. The van der Waals surface area contributed by atoms with Gasteiger partial charge < -0.3 is 5.11 Å². The molecule has 0 aromatic rings. The summed E-state index contributed by atoms with van der Waals surface area (Å²) in [6.45, 7) is 11.0. The van der Waals surface area contributed by atoms with Gasteiger partial charge in [-0.1, -0.05) is 34.1 Å². The third-order valence-corrected chi connectivity index (χ3v) is 5.71. The fourth-order valence-corrected chi connectivity index (χ4v) is 3.88. The van der Waals surface area contributed by atoms with E-state index in [9.17, 15) is 4.79 Å². The molecule has 3 heteroatoms. The van der Waals surface area contributed by atoms with Crippen LogP contribution in [0.1, 0.15) is 59.8 Å². The van der Waals surface area contributed by atoms with E-state index >= 15 is 0 Å². The molecule has 0 aromatic carbocycles. The molecule has 1 N–H and O–H groups in total. The van der Waals surface area contributed by atoms with Crippen LogP contribution in [0.2, 0.25) is 0 Å². The monoisotopic (exact) mass is 281 g/mol. The predicted molar refractivity (Wildman–Crippen MR) is 81.7 cm³/mol. The van der Waals surface area contributed by atoms with Crippen molar-refractivity contribution in [1.82, 2.24) is 4.90 Å². The fourth-order valence-electron chi connectivity index (χ4n) is 3.88. The maximum atomic E-state index is 11.0. The summed E-state index contributed by atoms with van der Waals surface area (Å²) < 4.78 is 0. The zero-order valence-corrected chi connectivity index (χ0v) is 13.6. The maximum Gasteiger partial charge on any atom is 0.306 e. The molecule has 2 fully saturated rings. The molecular formula is C17H31NO2. The molecule has 20 heavy (non-hydrogen) atoms. The van der Waals surface area contributed by atoms with Crippen LogP contribution < -0.4 is 0 Å². The molecule has 0 aromatic heterocycles. The van der Waals surface area contributed by atoms with Crippen molar-refractivity contribution in [2.75, 3.05) is 13.1 Å². The van der Waals surface area contributed by atoms with E-state index in [0.717, 1.165) is 19.0 Å². The molecule has 1 aliphatic carbocycles. The van der Waals surface area contributed by atoms with E-state index in [4.69, 9.17) is 5.11 Å². The first kappa shape index (κ1) is 15.8. The number of hydrogen-bond acceptors (Lipinski definition) is 2. The highest BCUT2D eigenvalue weighted by Crippen LogP contribution is 2.39. The van der Waals surface area contributed by atoms with Gasteiger partial charge >= 0.3 is 5.97 Å². The molecule has 3 unspecified atom stereocenters. The van der Waals surface area contributed by atoms with E-state index in [-0.39, 0.29) is 5.92 Å². The first-order chi connectivity index (χ1) is 9.29. The van der Waals surface area contributed by atoms with E-state index in [0.29, 0.717) is 17.4 Å². The third-order valence-electron chi connectivity index (χ3n) is 5.71. The second kappa shape index (κ2) is 6.05. The number of carboxylic acids is 1. The van der Waals surface area contributed by atoms with Gasteiger partial charge in [-0.05, 0) is 42.9 Å². The van der Waals surface area contributed by atoms with Crippen molar-refractivity contribution in [2.45, 2.75) is 65.8 Å². The Morgan fingerprint density at radius 1 is 1.15 bits per heavy atom. The summed E-state index contributed by atoms with van der Waals surface area (Å²) in [6, 6.07) is 0.708. The number of likely N-dealkylation sites (tertiary alicyclic amines) is 1. The van der Waals surface area contributed by atoms with E-state index < -0.39 is 5.97 Å². The Morgan fingerprint density at radius 3 is 2.35 bits per heavy atom. The van der Waals surface area contributed by atoms with Gasteiger partial charge in [-0.2, -0.15) is 0 Å². The Kier molecular flexibility index (Phi) is 4.78. The fraction of sp³-hybridized carbons (Fsp3) is 0.941. The Labute approximate surface area is 123 Å². The molecule has 0 spiro atoms. The highest BCUT2D eigenvalue weighted by Gasteiger charge is 2.39. The zero-order chi connectivity index (χ0) is 14.9. The number of carbonyl (C=O) groups is 1. The van der Waals surface area contributed by atoms with Gasteiger partial charge in [0, 0.05) is 19.1 Å². The first-order valence-corrected chi connectivity index (χ1v) is 8.26. The molecule has 3 nitrogen and oxygen atoms in total. The maximum absolute atomic E-state index is 11.0. The van der Waals surface area contributed by atoms with Crippen LogP contribution in [0.3, 0.4) is 0 Å². The lowest BCUT2D eigenvalue weighted by molar-refractivity contribution is -0.146. The van der Waals surface area contributed by atoms with E-state index in [1.165, 1.54) is 32.1 Å². The normalized spacial score (nSPS) is 31.4. The molecule has 1 saturated heterocycles. The third kappa shape index (κ3) is 3.55. The zero-order valence-electron chi connectivity index (χ0n) is 13.6. The van der Waals surface area contributed by atoms with Crippen molar-refractivity contribution in [3.05, 3.63) is 0 Å². The van der Waals surface area contributed by atoms with Crippen molar-refractivity contribution >= 4 is 5.97 Å². The minimum atomic E-state index is -0.636. The second-order valence-electron chi connectivity index (χ2n) is 8.07. The Balaban J connectivity index is 1.80. The van der Waals surface area contributed by atoms with Crippen molar-refractivity contribution in [1.29, 1.82) is 0 Å². The van der Waals surface area contributed by atoms with Crippen molar-refractivity contribution < 1.29 is 9.90 Å². The summed E-state index contributed by atoms with van der Waals surface area (Å²) in [5.74, 6) is 0.402. The van der Waals surface area contributed by atoms with Gasteiger partial charge in [-0.25, -0.2) is 0 Å². The van der Waals surface area contributed by atoms with Crippen LogP contribution in [0, 0.1) is 23.2 Å². The summed E-state index contributed by atoms with van der Waals surface area (Å²) in [4.78, 5) is 13.5. The highest BCUT2D eigenvalue weighted by atomic mass is 16.4. The van der Waals surface area contributed by atoms with Gasteiger partial charge in [0.25, 0.3) is 0 Å². The summed E-state index contributed by atoms with van der Waals surface area (Å²) in [6.07, 6.45) is 6.64. The minimum Gasteiger partial charge on any atom is -0.481 e. The number of rotatable bonds is 3. The average Bonchev–Trinajstić information content (AvgIpc) is 2.52. The van der Waals surface area contributed by atoms with Crippen LogP contribution in [-0.4, -0.2) is 35.1 Å². The average molecular weight is 281 g/mol. The van der Waals surface area contributed by atoms with Gasteiger partial charge in [-0.3, -0.25) is 9.69 Å². The van der Waals surface area contributed by atoms with Gasteiger partial charge in [-0.15, -0.1) is 0 Å². The number of aliphatic carboxylic acids is 1. The molecule has 1 aliphatic heterocycles. The van der Waals surface area contributed by atoms with Crippen LogP contribution >= 0.6 is 0 Å². The quantitative estimate of drug-likeness (QED) is 0.803. The van der Waals surface area contributed by atoms with Gasteiger partial charge in [0.05, 0.1) is 5.92 Å². The number of nitrogens with zero attached hydrogens (tertiary/aromatic N) is 1. The van der Waals surface area contributed by atoms with Crippen molar-refractivity contribution in [2.24, 2.45) is 23.2 Å². The SMILES string of the molecule is CC(C(=O)O)C1CN(C2CCCC(C(C)(C)C)CC2)C1. The Hall–Kier alpha value is -0.570. The van der Waals surface area contributed by atoms with Crippen LogP contribution in [0.4, 0.5) is 0 Å². The lowest BCUT2D eigenvalue weighted by Crippen LogP contribution is -2.55. The predicted octanol–water partition coefficient (Wildman–Crippen LogP) is 3.63. The molecule has 0 radical (unpaired) electrons. The summed E-state index contributed by atoms with van der Waals surface area (Å²) in [5, 5.41) is 9.06. The van der Waals surface area contributed by atoms with Crippen LogP contribution in [0.25, 0.3) is 0 Å². The molecule has 0 bridgehead atoms.